The predicted octanol–water partition coefficient (Wildman–Crippen LogP) is 1.36. The molecule has 0 aliphatic carbocycles. The summed E-state index contributed by atoms with van der Waals surface area (Å²) in [7, 11) is 0. The number of amides is 1. The van der Waals surface area contributed by atoms with Crippen LogP contribution in [0.3, 0.4) is 0 Å². The number of para-hydroxylation sites is 2. The highest BCUT2D eigenvalue weighted by atomic mass is 35.5. The van der Waals surface area contributed by atoms with Gasteiger partial charge >= 0.3 is 11.9 Å². The van der Waals surface area contributed by atoms with Crippen LogP contribution in [0.4, 0.5) is 13.2 Å². The lowest BCUT2D eigenvalue weighted by atomic mass is 10.2. The van der Waals surface area contributed by atoms with Crippen molar-refractivity contribution in [2.75, 3.05) is 32.7 Å². The normalized spacial score (nSPS) is 16.5. The molecule has 2 N–H and O–H groups in total. The molecule has 7 nitrogen and oxygen atoms in total. The van der Waals surface area contributed by atoms with Crippen LogP contribution in [0.25, 0.3) is 11.1 Å². The molecule has 1 unspecified atom stereocenters. The number of alkyl halides is 3. The number of benzene rings is 1. The van der Waals surface area contributed by atoms with Gasteiger partial charge in [0.05, 0.1) is 5.52 Å². The fourth-order valence-electron chi connectivity index (χ4n) is 3.18. The van der Waals surface area contributed by atoms with Gasteiger partial charge in [0.15, 0.2) is 5.58 Å². The summed E-state index contributed by atoms with van der Waals surface area (Å²) in [5.74, 6) is -1.14. The molecule has 0 radical (unpaired) electrons. The third-order valence-electron chi connectivity index (χ3n) is 4.60. The molecule has 1 saturated heterocycles. The minimum absolute atomic E-state index is 0. The van der Waals surface area contributed by atoms with E-state index in [4.69, 9.17) is 4.42 Å². The summed E-state index contributed by atoms with van der Waals surface area (Å²) in [5, 5.41) is 5.35. The minimum Gasteiger partial charge on any atom is -0.408 e. The zero-order chi connectivity index (χ0) is 19.4. The van der Waals surface area contributed by atoms with E-state index in [2.05, 4.69) is 10.6 Å². The predicted molar refractivity (Wildman–Crippen MR) is 99.6 cm³/mol. The maximum Gasteiger partial charge on any atom is 0.419 e. The zero-order valence-corrected chi connectivity index (χ0v) is 15.8. The second-order valence-corrected chi connectivity index (χ2v) is 6.38. The van der Waals surface area contributed by atoms with E-state index >= 15 is 0 Å². The van der Waals surface area contributed by atoms with Gasteiger partial charge in [-0.25, -0.2) is 4.79 Å². The first kappa shape index (κ1) is 22.3. The van der Waals surface area contributed by atoms with E-state index in [1.807, 2.05) is 0 Å². The molecule has 0 bridgehead atoms. The summed E-state index contributed by atoms with van der Waals surface area (Å²) in [5.41, 5.74) is 0.947. The number of fused-ring (bicyclic) bond motifs is 1. The van der Waals surface area contributed by atoms with Crippen LogP contribution in [0, 0.1) is 0 Å². The Morgan fingerprint density at radius 3 is 2.61 bits per heavy atom. The lowest BCUT2D eigenvalue weighted by Crippen LogP contribution is -2.57. The lowest BCUT2D eigenvalue weighted by molar-refractivity contribution is -0.184. The molecule has 3 rings (SSSR count). The molecule has 1 aromatic carbocycles. The van der Waals surface area contributed by atoms with Crippen LogP contribution in [0.1, 0.15) is 6.42 Å². The van der Waals surface area contributed by atoms with Crippen LogP contribution >= 0.6 is 12.4 Å². The van der Waals surface area contributed by atoms with Crippen molar-refractivity contribution >= 4 is 29.4 Å². The summed E-state index contributed by atoms with van der Waals surface area (Å²) >= 11 is 0. The average Bonchev–Trinajstić information content (AvgIpc) is 2.95. The number of oxazole rings is 1. The van der Waals surface area contributed by atoms with Gasteiger partial charge in [0.1, 0.15) is 6.04 Å². The molecule has 11 heteroatoms. The van der Waals surface area contributed by atoms with Crippen molar-refractivity contribution in [3.8, 4) is 0 Å². The zero-order valence-electron chi connectivity index (χ0n) is 15.0. The molecule has 2 heterocycles. The average molecular weight is 423 g/mol. The van der Waals surface area contributed by atoms with Crippen LogP contribution in [0.5, 0.6) is 0 Å². The second-order valence-electron chi connectivity index (χ2n) is 6.38. The number of nitrogens with one attached hydrogen (secondary N) is 2. The SMILES string of the molecule is Cl.O=C(CCn1c(=O)oc2ccccc21)NCC(N1CCNCC1)C(F)(F)F. The number of aryl methyl sites for hydroxylation is 1. The molecule has 1 amide bonds. The van der Waals surface area contributed by atoms with Gasteiger partial charge in [-0.15, -0.1) is 12.4 Å². The summed E-state index contributed by atoms with van der Waals surface area (Å²) < 4.78 is 46.3. The monoisotopic (exact) mass is 422 g/mol. The third-order valence-corrected chi connectivity index (χ3v) is 4.60. The Morgan fingerprint density at radius 2 is 1.93 bits per heavy atom. The van der Waals surface area contributed by atoms with Gasteiger partial charge in [-0.1, -0.05) is 12.1 Å². The number of carbonyl (C=O) groups is 1. The molecular weight excluding hydrogens is 401 g/mol. The number of hydrogen-bond acceptors (Lipinski definition) is 5. The number of carbonyl (C=O) groups excluding carboxylic acids is 1. The molecule has 1 aliphatic heterocycles. The van der Waals surface area contributed by atoms with Crippen LogP contribution in [-0.2, 0) is 11.3 Å². The fraction of sp³-hybridized carbons (Fsp3) is 0.529. The maximum absolute atomic E-state index is 13.3. The summed E-state index contributed by atoms with van der Waals surface area (Å²) in [6.07, 6.45) is -4.54. The van der Waals surface area contributed by atoms with Gasteiger partial charge in [-0.3, -0.25) is 14.3 Å². The fourth-order valence-corrected chi connectivity index (χ4v) is 3.18. The Hall–Kier alpha value is -2.04. The van der Waals surface area contributed by atoms with Crippen molar-refractivity contribution in [1.29, 1.82) is 0 Å². The largest absolute Gasteiger partial charge is 0.419 e. The number of halogens is 4. The highest BCUT2D eigenvalue weighted by Gasteiger charge is 2.43. The number of piperazine rings is 1. The van der Waals surface area contributed by atoms with Gasteiger partial charge in [0.2, 0.25) is 5.91 Å². The smallest absolute Gasteiger partial charge is 0.408 e. The van der Waals surface area contributed by atoms with Crippen LogP contribution in [0.2, 0.25) is 0 Å². The Morgan fingerprint density at radius 1 is 1.25 bits per heavy atom. The van der Waals surface area contributed by atoms with Crippen LogP contribution < -0.4 is 16.4 Å². The third kappa shape index (κ3) is 5.27. The van der Waals surface area contributed by atoms with Crippen molar-refractivity contribution in [3.63, 3.8) is 0 Å². The number of rotatable bonds is 6. The van der Waals surface area contributed by atoms with Crippen molar-refractivity contribution in [1.82, 2.24) is 20.1 Å². The van der Waals surface area contributed by atoms with E-state index < -0.39 is 30.4 Å². The number of aromatic nitrogens is 1. The molecule has 2 aromatic rings. The summed E-state index contributed by atoms with van der Waals surface area (Å²) in [6, 6.07) is 5.04. The highest BCUT2D eigenvalue weighted by Crippen LogP contribution is 2.24. The van der Waals surface area contributed by atoms with Gasteiger partial charge < -0.3 is 15.1 Å². The Bertz CT molecular complexity index is 846. The van der Waals surface area contributed by atoms with Crippen molar-refractivity contribution < 1.29 is 22.4 Å². The topological polar surface area (TPSA) is 79.5 Å². The molecule has 1 aromatic heterocycles. The first-order valence-corrected chi connectivity index (χ1v) is 8.73. The van der Waals surface area contributed by atoms with Crippen molar-refractivity contribution in [3.05, 3.63) is 34.8 Å². The molecule has 1 fully saturated rings. The maximum atomic E-state index is 13.3. The molecule has 1 aliphatic rings. The van der Waals surface area contributed by atoms with E-state index in [9.17, 15) is 22.8 Å². The molecule has 0 spiro atoms. The number of nitrogens with zero attached hydrogens (tertiary/aromatic N) is 2. The standard InChI is InChI=1S/C17H21F3N4O3.ClH/c18-17(19,20)14(23-9-6-21-7-10-23)11-22-15(25)5-8-24-12-3-1-2-4-13(12)27-16(24)26;/h1-4,14,21H,5-11H2,(H,22,25);1H. The van der Waals surface area contributed by atoms with E-state index in [1.165, 1.54) is 9.47 Å². The summed E-state index contributed by atoms with van der Waals surface area (Å²) in [4.78, 5) is 25.2. The first-order chi connectivity index (χ1) is 12.9. The van der Waals surface area contributed by atoms with Gasteiger partial charge in [-0.05, 0) is 12.1 Å². The van der Waals surface area contributed by atoms with Gasteiger partial charge in [-0.2, -0.15) is 13.2 Å². The highest BCUT2D eigenvalue weighted by molar-refractivity contribution is 5.85. The molecule has 28 heavy (non-hydrogen) atoms. The van der Waals surface area contributed by atoms with Crippen molar-refractivity contribution in [2.45, 2.75) is 25.2 Å². The molecule has 156 valence electrons. The first-order valence-electron chi connectivity index (χ1n) is 8.73. The lowest BCUT2D eigenvalue weighted by Gasteiger charge is -2.35. The van der Waals surface area contributed by atoms with Crippen LogP contribution in [-0.4, -0.2) is 60.3 Å². The molecular formula is C17H22ClF3N4O3. The number of hydrogen-bond donors (Lipinski definition) is 2. The Kier molecular flexibility index (Phi) is 7.50. The molecule has 0 saturated carbocycles. The van der Waals surface area contributed by atoms with E-state index in [-0.39, 0.29) is 38.5 Å². The van der Waals surface area contributed by atoms with Crippen LogP contribution in [0.15, 0.2) is 33.5 Å². The van der Waals surface area contributed by atoms with Gasteiger partial charge in [0.25, 0.3) is 0 Å². The van der Waals surface area contributed by atoms with Gasteiger partial charge in [0, 0.05) is 45.7 Å². The van der Waals surface area contributed by atoms with E-state index in [0.717, 1.165) is 0 Å². The summed E-state index contributed by atoms with van der Waals surface area (Å²) in [6.45, 7) is 1.04. The minimum atomic E-state index is -4.43. The second kappa shape index (κ2) is 9.44. The van der Waals surface area contributed by atoms with E-state index in [0.29, 0.717) is 24.2 Å². The van der Waals surface area contributed by atoms with Crippen molar-refractivity contribution in [2.24, 2.45) is 0 Å². The Labute approximate surface area is 165 Å². The Balaban J connectivity index is 0.00000280. The van der Waals surface area contributed by atoms with E-state index in [1.54, 1.807) is 24.3 Å². The molecule has 1 atom stereocenters. The quantitative estimate of drug-likeness (QED) is 0.735.